The van der Waals surface area contributed by atoms with Crippen LogP contribution in [0, 0.1) is 0 Å². The molecule has 0 aromatic rings. The Morgan fingerprint density at radius 2 is 1.34 bits per heavy atom. The van der Waals surface area contributed by atoms with Gasteiger partial charge in [-0.3, -0.25) is 4.79 Å². The second kappa shape index (κ2) is 8.45. The van der Waals surface area contributed by atoms with E-state index in [0.29, 0.717) is 0 Å². The monoisotopic (exact) mass is 471 g/mol. The third-order valence-corrected chi connectivity index (χ3v) is 5.54. The molecule has 16 heteroatoms. The first kappa shape index (κ1) is 27.7. The fourth-order valence-electron chi connectivity index (χ4n) is 1.98. The lowest BCUT2D eigenvalue weighted by Gasteiger charge is -2.35. The Labute approximate surface area is 160 Å². The topological polar surface area (TPSA) is 74.7 Å². The number of nitrogens with zero attached hydrogens (tertiary/aromatic N) is 2. The van der Waals surface area contributed by atoms with E-state index in [1.54, 1.807) is 21.1 Å². The average Bonchev–Trinajstić information content (AvgIpc) is 2.47. The molecular weight excluding hydrogens is 451 g/mol. The number of alkyl halides is 9. The predicted octanol–water partition coefficient (Wildman–Crippen LogP) is 2.61. The van der Waals surface area contributed by atoms with Gasteiger partial charge >= 0.3 is 29.2 Å². The zero-order valence-electron chi connectivity index (χ0n) is 15.4. The molecule has 0 amide bonds. The summed E-state index contributed by atoms with van der Waals surface area (Å²) in [4.78, 5) is 10.6. The number of halogens is 9. The highest BCUT2D eigenvalue weighted by Gasteiger charge is 2.85. The Hall–Kier alpha value is -1.29. The summed E-state index contributed by atoms with van der Waals surface area (Å²) >= 11 is 0. The van der Waals surface area contributed by atoms with Gasteiger partial charge in [-0.2, -0.15) is 43.8 Å². The van der Waals surface area contributed by atoms with Crippen LogP contribution in [0.4, 0.5) is 39.5 Å². The molecule has 0 radical (unpaired) electrons. The van der Waals surface area contributed by atoms with Crippen molar-refractivity contribution < 1.29 is 62.3 Å². The van der Waals surface area contributed by atoms with Gasteiger partial charge in [-0.15, -0.1) is 0 Å². The smallest absolute Gasteiger partial charge is 0.460 e. The van der Waals surface area contributed by atoms with E-state index in [2.05, 4.69) is 0 Å². The van der Waals surface area contributed by atoms with Crippen molar-refractivity contribution in [1.82, 2.24) is 4.31 Å². The second-order valence-electron chi connectivity index (χ2n) is 7.08. The molecule has 0 aromatic heterocycles. The van der Waals surface area contributed by atoms with E-state index in [9.17, 15) is 52.7 Å². The number of rotatable bonds is 11. The number of hydrogen-bond donors (Lipinski definition) is 1. The summed E-state index contributed by atoms with van der Waals surface area (Å²) in [5.41, 5.74) is 0. The van der Waals surface area contributed by atoms with E-state index in [0.717, 1.165) is 0 Å². The number of quaternary nitrogens is 1. The molecule has 6 nitrogen and oxygen atoms in total. The van der Waals surface area contributed by atoms with Crippen LogP contribution in [0.5, 0.6) is 0 Å². The maximum atomic E-state index is 13.9. The van der Waals surface area contributed by atoms with Crippen LogP contribution in [0.3, 0.4) is 0 Å². The van der Waals surface area contributed by atoms with E-state index >= 15 is 0 Å². The molecule has 0 aliphatic rings. The first-order chi connectivity index (χ1) is 12.5. The molecule has 0 rings (SSSR count). The van der Waals surface area contributed by atoms with Crippen LogP contribution in [0.2, 0.25) is 0 Å². The summed E-state index contributed by atoms with van der Waals surface area (Å²) in [7, 11) is -2.10. The van der Waals surface area contributed by atoms with Crippen LogP contribution in [0.25, 0.3) is 0 Å². The summed E-state index contributed by atoms with van der Waals surface area (Å²) in [6.07, 6.45) is -8.66. The summed E-state index contributed by atoms with van der Waals surface area (Å²) in [6.45, 7) is -2.29. The highest BCUT2D eigenvalue weighted by atomic mass is 32.2. The maximum absolute atomic E-state index is 13.9. The highest BCUT2D eigenvalue weighted by molar-refractivity contribution is 7.90. The van der Waals surface area contributed by atoms with Crippen molar-refractivity contribution in [2.75, 3.05) is 40.8 Å². The molecule has 29 heavy (non-hydrogen) atoms. The van der Waals surface area contributed by atoms with Crippen molar-refractivity contribution in [1.29, 1.82) is 0 Å². The van der Waals surface area contributed by atoms with Gasteiger partial charge in [0.2, 0.25) is 0 Å². The summed E-state index contributed by atoms with van der Waals surface area (Å²) < 4.78 is 141. The normalized spacial score (nSPS) is 15.1. The van der Waals surface area contributed by atoms with Crippen LogP contribution in [0.1, 0.15) is 12.8 Å². The van der Waals surface area contributed by atoms with Crippen molar-refractivity contribution in [2.24, 2.45) is 0 Å². The number of hydrogen-bond acceptors (Lipinski definition) is 3. The molecule has 0 atom stereocenters. The Morgan fingerprint density at radius 1 is 0.897 bits per heavy atom. The van der Waals surface area contributed by atoms with Gasteiger partial charge < -0.3 is 9.59 Å². The lowest BCUT2D eigenvalue weighted by Crippen LogP contribution is -2.65. The summed E-state index contributed by atoms with van der Waals surface area (Å²) in [5, 5.41) is 1.67. The molecule has 0 heterocycles. The molecule has 174 valence electrons. The maximum Gasteiger partial charge on any atom is 0.460 e. The minimum Gasteiger partial charge on any atom is -0.481 e. The number of aliphatic carboxylic acids is 1. The van der Waals surface area contributed by atoms with Crippen LogP contribution in [0.15, 0.2) is 0 Å². The first-order valence-electron chi connectivity index (χ1n) is 7.74. The largest absolute Gasteiger partial charge is 0.481 e. The van der Waals surface area contributed by atoms with Gasteiger partial charge in [0.1, 0.15) is 0 Å². The fourth-order valence-corrected chi connectivity index (χ4v) is 3.46. The molecule has 1 N–H and O–H groups in total. The van der Waals surface area contributed by atoms with Crippen LogP contribution < -0.4 is 0 Å². The third kappa shape index (κ3) is 5.87. The van der Waals surface area contributed by atoms with Crippen molar-refractivity contribution in [3.8, 4) is 0 Å². The van der Waals surface area contributed by atoms with E-state index in [1.807, 2.05) is 0 Å². The van der Waals surface area contributed by atoms with Crippen molar-refractivity contribution in [3.63, 3.8) is 0 Å². The van der Waals surface area contributed by atoms with Gasteiger partial charge in [0.15, 0.2) is 0 Å². The highest BCUT2D eigenvalue weighted by Crippen LogP contribution is 2.55. The van der Waals surface area contributed by atoms with E-state index in [1.165, 1.54) is 0 Å². The van der Waals surface area contributed by atoms with Gasteiger partial charge in [-0.25, -0.2) is 8.42 Å². The lowest BCUT2D eigenvalue weighted by atomic mass is 10.1. The summed E-state index contributed by atoms with van der Waals surface area (Å²) in [5.74, 6) is -16.5. The first-order valence-corrected chi connectivity index (χ1v) is 9.18. The van der Waals surface area contributed by atoms with E-state index in [-0.39, 0.29) is 17.4 Å². The van der Waals surface area contributed by atoms with Crippen LogP contribution in [-0.2, 0) is 14.8 Å². The molecule has 0 fully saturated rings. The fraction of sp³-hybridized carbons (Fsp3) is 0.923. The van der Waals surface area contributed by atoms with Crippen LogP contribution in [-0.4, -0.2) is 92.3 Å². The minimum atomic E-state index is -7.38. The average molecular weight is 471 g/mol. The van der Waals surface area contributed by atoms with Crippen molar-refractivity contribution >= 4 is 16.0 Å². The summed E-state index contributed by atoms with van der Waals surface area (Å²) in [6, 6.07) is 0. The SMILES string of the molecule is C[N+](C)(C)CCCN(CCC(=O)O)S(=O)(=O)C(F)(F)C(F)(F)C(F)(F)C(F)(F)F. The molecule has 0 spiro atoms. The standard InChI is InChI=1S/C13H19F9N2O4S/c1-24(2,3)8-4-6-23(7-5-9(25)26)29(27,28)13(21,22)11(16,17)10(14,15)12(18,19)20/h4-8H2,1-3H3/p+1. The molecule has 0 saturated carbocycles. The lowest BCUT2D eigenvalue weighted by molar-refractivity contribution is -0.870. The van der Waals surface area contributed by atoms with Gasteiger partial charge in [0.25, 0.3) is 10.0 Å². The van der Waals surface area contributed by atoms with E-state index < -0.39 is 63.1 Å². The quantitative estimate of drug-likeness (QED) is 0.372. The van der Waals surface area contributed by atoms with Gasteiger partial charge in [-0.05, 0) is 0 Å². The molecule has 0 aliphatic heterocycles. The molecule has 0 aromatic carbocycles. The zero-order valence-corrected chi connectivity index (χ0v) is 16.2. The molecule has 0 saturated heterocycles. The minimum absolute atomic E-state index is 0.0553. The number of carbonyl (C=O) groups is 1. The zero-order chi connectivity index (χ0) is 23.7. The van der Waals surface area contributed by atoms with Crippen molar-refractivity contribution in [3.05, 3.63) is 0 Å². The number of carboxylic acid groups (broad SMARTS) is 1. The Balaban J connectivity index is 6.10. The molecule has 0 bridgehead atoms. The Kier molecular flexibility index (Phi) is 8.07. The van der Waals surface area contributed by atoms with Gasteiger partial charge in [-0.1, -0.05) is 0 Å². The number of sulfonamides is 1. The Bertz CT molecular complexity index is 687. The molecular formula is C13H20F9N2O4S+. The molecule has 0 aliphatic carbocycles. The predicted molar refractivity (Wildman–Crippen MR) is 81.2 cm³/mol. The molecule has 0 unspecified atom stereocenters. The van der Waals surface area contributed by atoms with Crippen molar-refractivity contribution in [2.45, 2.75) is 36.1 Å². The second-order valence-corrected chi connectivity index (χ2v) is 9.06. The van der Waals surface area contributed by atoms with Gasteiger partial charge in [0, 0.05) is 19.5 Å². The van der Waals surface area contributed by atoms with Gasteiger partial charge in [0.05, 0.1) is 34.1 Å². The number of carboxylic acids is 1. The van der Waals surface area contributed by atoms with E-state index in [4.69, 9.17) is 5.11 Å². The third-order valence-electron chi connectivity index (χ3n) is 3.59. The Morgan fingerprint density at radius 3 is 1.69 bits per heavy atom. The van der Waals surface area contributed by atoms with Crippen LogP contribution >= 0.6 is 0 Å².